The number of phenols is 7. The lowest BCUT2D eigenvalue weighted by molar-refractivity contribution is 0.391. The zero-order chi connectivity index (χ0) is 49.5. The van der Waals surface area contributed by atoms with E-state index in [4.69, 9.17) is 54.3 Å². The Bertz CT molecular complexity index is 3230. The maximum absolute atomic E-state index is 11.4. The molecule has 0 radical (unpaired) electrons. The fraction of sp³-hybridized carbons (Fsp3) is 0. The summed E-state index contributed by atoms with van der Waals surface area (Å²) in [5.74, 6) is -5.57. The fourth-order valence-electron chi connectivity index (χ4n) is 6.27. The number of hydrogen-bond donors (Lipinski definition) is 7. The van der Waals surface area contributed by atoms with Gasteiger partial charge in [0, 0.05) is 0 Å². The molecular formula is C48H40N4O15P4. The van der Waals surface area contributed by atoms with Crippen molar-refractivity contribution in [1.29, 1.82) is 0 Å². The summed E-state index contributed by atoms with van der Waals surface area (Å²) in [5.41, 5.74) is 0. The van der Waals surface area contributed by atoms with E-state index in [1.54, 1.807) is 18.2 Å². The molecule has 1 atom stereocenters. The molecule has 1 aliphatic heterocycles. The van der Waals surface area contributed by atoms with Crippen molar-refractivity contribution in [2.45, 2.75) is 0 Å². The van der Waals surface area contributed by atoms with Crippen molar-refractivity contribution in [2.24, 2.45) is 18.1 Å². The van der Waals surface area contributed by atoms with E-state index < -0.39 is 70.9 Å². The molecule has 19 nitrogen and oxygen atoms in total. The van der Waals surface area contributed by atoms with Gasteiger partial charge in [-0.05, 0) is 97.1 Å². The second-order valence-electron chi connectivity index (χ2n) is 14.6. The van der Waals surface area contributed by atoms with Crippen LogP contribution in [-0.4, -0.2) is 35.7 Å². The minimum atomic E-state index is -5.17. The third-order valence-corrected chi connectivity index (χ3v) is 20.2. The van der Waals surface area contributed by atoms with Gasteiger partial charge in [0.1, 0.15) is 5.75 Å². The number of aromatic hydroxyl groups is 7. The Morgan fingerprint density at radius 3 is 0.577 bits per heavy atom. The van der Waals surface area contributed by atoms with Gasteiger partial charge >= 0.3 is 30.6 Å². The summed E-state index contributed by atoms with van der Waals surface area (Å²) in [6.45, 7) is 0. The molecule has 1 unspecified atom stereocenters. The van der Waals surface area contributed by atoms with Crippen LogP contribution < -0.4 is 36.2 Å². The van der Waals surface area contributed by atoms with Crippen LogP contribution in [0.4, 0.5) is 0 Å². The Balaban J connectivity index is 1.54. The summed E-state index contributed by atoms with van der Waals surface area (Å²) in [4.78, 5) is 0. The molecule has 23 heteroatoms. The lowest BCUT2D eigenvalue weighted by Crippen LogP contribution is -2.11. The van der Waals surface area contributed by atoms with Gasteiger partial charge in [-0.3, -0.25) is 0 Å². The van der Waals surface area contributed by atoms with Crippen molar-refractivity contribution in [3.63, 3.8) is 0 Å². The quantitative estimate of drug-likeness (QED) is 0.0444. The summed E-state index contributed by atoms with van der Waals surface area (Å²) in [6.07, 6.45) is 0. The van der Waals surface area contributed by atoms with E-state index in [0.717, 1.165) is 0 Å². The summed E-state index contributed by atoms with van der Waals surface area (Å²) in [5, 5.41) is 80.1. The lowest BCUT2D eigenvalue weighted by atomic mass is 10.3. The second-order valence-corrected chi connectivity index (χ2v) is 22.9. The zero-order valence-corrected chi connectivity index (χ0v) is 40.1. The topological polar surface area (TPSA) is 265 Å². The van der Waals surface area contributed by atoms with E-state index in [-0.39, 0.29) is 46.0 Å². The maximum Gasteiger partial charge on any atom is 0.461 e. The molecule has 8 aromatic rings. The maximum atomic E-state index is 11.4. The third kappa shape index (κ3) is 11.1. The van der Waals surface area contributed by atoms with Crippen LogP contribution >= 0.6 is 30.6 Å². The van der Waals surface area contributed by atoms with Crippen LogP contribution in [0.3, 0.4) is 0 Å². The Labute approximate surface area is 405 Å². The van der Waals surface area contributed by atoms with Crippen LogP contribution in [0.25, 0.3) is 0 Å². The van der Waals surface area contributed by atoms with Crippen LogP contribution in [0.1, 0.15) is 0 Å². The molecule has 7 N–H and O–H groups in total. The molecular weight excluding hydrogens is 996 g/mol. The highest BCUT2D eigenvalue weighted by Gasteiger charge is 2.50. The largest absolute Gasteiger partial charge is 0.504 e. The van der Waals surface area contributed by atoms with Crippen LogP contribution in [0, 0.1) is 0 Å². The average molecular weight is 1040 g/mol. The van der Waals surface area contributed by atoms with Gasteiger partial charge in [-0.15, -0.1) is 0 Å². The molecule has 8 aromatic carbocycles. The van der Waals surface area contributed by atoms with Gasteiger partial charge < -0.3 is 71.9 Å². The van der Waals surface area contributed by atoms with Gasteiger partial charge in [-0.25, -0.2) is 0 Å². The predicted octanol–water partition coefficient (Wildman–Crippen LogP) is 14.4. The standard InChI is InChI=1S/C48H40N4O15P4/c53-35-20-4-11-27-42(35)61-68(60-34-18-2-1-3-19-34)49-69(62-43-28-12-5-21-36(43)54,63-44-29-13-6-22-37(44)55)51-71(66-47-32-16-9-25-40(47)58,67-48-33-17-10-26-41(48)59)52-70(50-68,64-45-30-14-7-23-38(45)56)65-46-31-15-8-24-39(46)57/h1-33,53-59H. The van der Waals surface area contributed by atoms with Gasteiger partial charge in [0.25, 0.3) is 0 Å². The highest BCUT2D eigenvalue weighted by molar-refractivity contribution is 7.79. The molecule has 0 aromatic heterocycles. The minimum Gasteiger partial charge on any atom is -0.504 e. The summed E-state index contributed by atoms with van der Waals surface area (Å²) >= 11 is 0. The van der Waals surface area contributed by atoms with Gasteiger partial charge in [-0.1, -0.05) is 121 Å². The molecule has 0 bridgehead atoms. The highest BCUT2D eigenvalue weighted by atomic mass is 31.3. The Hall–Kier alpha value is -8.32. The van der Waals surface area contributed by atoms with Crippen LogP contribution in [0.5, 0.6) is 86.2 Å². The number of phenolic OH excluding ortho intramolecular Hbond substituents is 7. The van der Waals surface area contributed by atoms with E-state index in [1.165, 1.54) is 182 Å². The molecule has 0 fully saturated rings. The van der Waals surface area contributed by atoms with Gasteiger partial charge in [0.15, 0.2) is 80.5 Å². The minimum absolute atomic E-state index is 0.0211. The zero-order valence-electron chi connectivity index (χ0n) is 36.5. The van der Waals surface area contributed by atoms with E-state index >= 15 is 0 Å². The number of benzene rings is 8. The Kier molecular flexibility index (Phi) is 13.7. The first-order valence-electron chi connectivity index (χ1n) is 21.0. The molecule has 9 rings (SSSR count). The lowest BCUT2D eigenvalue weighted by Gasteiger charge is -2.33. The monoisotopic (exact) mass is 1040 g/mol. The van der Waals surface area contributed by atoms with E-state index in [1.807, 2.05) is 0 Å². The first kappa shape index (κ1) is 47.7. The molecule has 0 spiro atoms. The summed E-state index contributed by atoms with van der Waals surface area (Å²) < 4.78 is 74.5. The van der Waals surface area contributed by atoms with Gasteiger partial charge in [0.2, 0.25) is 0 Å². The molecule has 0 saturated carbocycles. The smallest absolute Gasteiger partial charge is 0.461 e. The number of hydrogen-bond acceptors (Lipinski definition) is 19. The molecule has 362 valence electrons. The van der Waals surface area contributed by atoms with Gasteiger partial charge in [0.05, 0.1) is 0 Å². The number of rotatable bonds is 16. The van der Waals surface area contributed by atoms with Crippen LogP contribution in [0.15, 0.2) is 218 Å². The third-order valence-electron chi connectivity index (χ3n) is 9.45. The first-order chi connectivity index (χ1) is 34.3. The average Bonchev–Trinajstić information content (AvgIpc) is 3.34. The SMILES string of the molecule is Oc1ccccc1OP1(Oc2ccccc2)=NP(Oc2ccccc2O)(Oc2ccccc2O)=NP(Oc2ccccc2O)(Oc2ccccc2O)=NP(Oc2ccccc2O)(Oc2ccccc2O)=N1. The van der Waals surface area contributed by atoms with Crippen LogP contribution in [-0.2, 0) is 0 Å². The van der Waals surface area contributed by atoms with Crippen LogP contribution in [0.2, 0.25) is 0 Å². The predicted molar refractivity (Wildman–Crippen MR) is 266 cm³/mol. The molecule has 0 aliphatic carbocycles. The van der Waals surface area contributed by atoms with Crippen molar-refractivity contribution in [2.75, 3.05) is 0 Å². The molecule has 0 saturated heterocycles. The van der Waals surface area contributed by atoms with E-state index in [2.05, 4.69) is 0 Å². The van der Waals surface area contributed by atoms with Crippen molar-refractivity contribution >= 4 is 30.6 Å². The van der Waals surface area contributed by atoms with Crippen molar-refractivity contribution in [1.82, 2.24) is 0 Å². The second kappa shape index (κ2) is 20.3. The molecule has 1 aliphatic rings. The summed E-state index contributed by atoms with van der Waals surface area (Å²) in [7, 11) is -20.5. The van der Waals surface area contributed by atoms with Crippen molar-refractivity contribution in [3.8, 4) is 86.2 Å². The highest BCUT2D eigenvalue weighted by Crippen LogP contribution is 2.80. The fourth-order valence-corrected chi connectivity index (χ4v) is 18.5. The Morgan fingerprint density at radius 1 is 0.211 bits per heavy atom. The molecule has 0 amide bonds. The van der Waals surface area contributed by atoms with E-state index in [9.17, 15) is 35.7 Å². The normalized spacial score (nSPS) is 16.3. The Morgan fingerprint density at radius 2 is 0.380 bits per heavy atom. The van der Waals surface area contributed by atoms with Crippen molar-refractivity contribution < 1.29 is 71.9 Å². The number of nitrogens with zero attached hydrogens (tertiary/aromatic N) is 4. The van der Waals surface area contributed by atoms with E-state index in [0.29, 0.717) is 0 Å². The van der Waals surface area contributed by atoms with Crippen molar-refractivity contribution in [3.05, 3.63) is 200 Å². The molecule has 71 heavy (non-hydrogen) atoms. The first-order valence-corrected chi connectivity index (χ1v) is 27.1. The summed E-state index contributed by atoms with van der Waals surface area (Å²) in [6, 6.07) is 47.7. The van der Waals surface area contributed by atoms with Gasteiger partial charge in [-0.2, -0.15) is 0 Å². The number of para-hydroxylation sites is 15. The molecule has 1 heterocycles.